The minimum Gasteiger partial charge on any atom is -0.491 e. The summed E-state index contributed by atoms with van der Waals surface area (Å²) < 4.78 is 5.63. The molecule has 0 aromatic heterocycles. The van der Waals surface area contributed by atoms with E-state index in [-0.39, 0.29) is 0 Å². The lowest BCUT2D eigenvalue weighted by molar-refractivity contribution is 0.320. The van der Waals surface area contributed by atoms with Gasteiger partial charge in [0.1, 0.15) is 5.75 Å². The Balaban J connectivity index is 2.03. The molecule has 0 saturated carbocycles. The van der Waals surface area contributed by atoms with E-state index in [4.69, 9.17) is 10.5 Å². The molecule has 3 heteroatoms. The molecule has 17 heavy (non-hydrogen) atoms. The summed E-state index contributed by atoms with van der Waals surface area (Å²) in [6, 6.07) is 7.65. The van der Waals surface area contributed by atoms with E-state index in [1.54, 1.807) is 0 Å². The molecule has 2 N–H and O–H groups in total. The van der Waals surface area contributed by atoms with Crippen LogP contribution in [0, 0.1) is 5.92 Å². The number of nitrogen functional groups attached to an aromatic ring is 1. The quantitative estimate of drug-likeness (QED) is 0.565. The van der Waals surface area contributed by atoms with E-state index in [1.807, 2.05) is 36.0 Å². The Kier molecular flexibility index (Phi) is 6.94. The van der Waals surface area contributed by atoms with E-state index in [0.29, 0.717) is 0 Å². The third kappa shape index (κ3) is 6.47. The molecule has 2 nitrogen and oxygen atoms in total. The summed E-state index contributed by atoms with van der Waals surface area (Å²) in [7, 11) is 0. The smallest absolute Gasteiger partial charge is 0.142 e. The molecular formula is C14H23NOS. The van der Waals surface area contributed by atoms with Crippen LogP contribution in [0.25, 0.3) is 0 Å². The summed E-state index contributed by atoms with van der Waals surface area (Å²) in [5, 5.41) is 0. The summed E-state index contributed by atoms with van der Waals surface area (Å²) in [4.78, 5) is 0. The van der Waals surface area contributed by atoms with E-state index in [2.05, 4.69) is 13.8 Å². The highest BCUT2D eigenvalue weighted by Gasteiger charge is 1.98. The molecule has 0 radical (unpaired) electrons. The highest BCUT2D eigenvalue weighted by Crippen LogP contribution is 2.20. The highest BCUT2D eigenvalue weighted by atomic mass is 32.2. The van der Waals surface area contributed by atoms with Crippen LogP contribution in [0.3, 0.4) is 0 Å². The summed E-state index contributed by atoms with van der Waals surface area (Å²) in [5.74, 6) is 4.03. The van der Waals surface area contributed by atoms with Gasteiger partial charge in [0.2, 0.25) is 0 Å². The van der Waals surface area contributed by atoms with E-state index in [9.17, 15) is 0 Å². The van der Waals surface area contributed by atoms with Crippen LogP contribution in [-0.2, 0) is 0 Å². The number of anilines is 1. The average molecular weight is 253 g/mol. The van der Waals surface area contributed by atoms with Crippen molar-refractivity contribution < 1.29 is 4.74 Å². The van der Waals surface area contributed by atoms with Crippen LogP contribution in [0.5, 0.6) is 5.75 Å². The van der Waals surface area contributed by atoms with Gasteiger partial charge in [-0.25, -0.2) is 0 Å². The van der Waals surface area contributed by atoms with Crippen molar-refractivity contribution in [2.24, 2.45) is 5.92 Å². The van der Waals surface area contributed by atoms with E-state index in [0.717, 1.165) is 30.4 Å². The SMILES string of the molecule is CC(C)CCSCCCOc1ccccc1N. The molecule has 1 rings (SSSR count). The first-order chi connectivity index (χ1) is 8.20. The number of nitrogens with two attached hydrogens (primary N) is 1. The summed E-state index contributed by atoms with van der Waals surface area (Å²) >= 11 is 2.01. The first-order valence-corrected chi connectivity index (χ1v) is 7.40. The third-order valence-electron chi connectivity index (χ3n) is 2.45. The Morgan fingerprint density at radius 3 is 2.71 bits per heavy atom. The highest BCUT2D eigenvalue weighted by molar-refractivity contribution is 7.99. The van der Waals surface area contributed by atoms with Crippen molar-refractivity contribution in [1.29, 1.82) is 0 Å². The first-order valence-electron chi connectivity index (χ1n) is 6.25. The zero-order valence-corrected chi connectivity index (χ0v) is 11.6. The number of benzene rings is 1. The molecule has 0 atom stereocenters. The van der Waals surface area contributed by atoms with Gasteiger partial charge in [-0.05, 0) is 42.4 Å². The Hall–Kier alpha value is -0.830. The fraction of sp³-hybridized carbons (Fsp3) is 0.571. The molecule has 0 heterocycles. The van der Waals surface area contributed by atoms with E-state index >= 15 is 0 Å². The van der Waals surface area contributed by atoms with Crippen LogP contribution in [0.1, 0.15) is 26.7 Å². The van der Waals surface area contributed by atoms with E-state index in [1.165, 1.54) is 17.9 Å². The second-order valence-corrected chi connectivity index (χ2v) is 5.76. The molecule has 0 spiro atoms. The second-order valence-electron chi connectivity index (χ2n) is 4.53. The lowest BCUT2D eigenvalue weighted by Crippen LogP contribution is -2.01. The second kappa shape index (κ2) is 8.29. The molecule has 0 aliphatic heterocycles. The van der Waals surface area contributed by atoms with Gasteiger partial charge in [-0.1, -0.05) is 26.0 Å². The fourth-order valence-electron chi connectivity index (χ4n) is 1.38. The Labute approximate surface area is 109 Å². The molecule has 0 bridgehead atoms. The number of rotatable bonds is 8. The number of hydrogen-bond acceptors (Lipinski definition) is 3. The molecule has 0 fully saturated rings. The van der Waals surface area contributed by atoms with Crippen LogP contribution in [-0.4, -0.2) is 18.1 Å². The number of ether oxygens (including phenoxy) is 1. The molecule has 0 saturated heterocycles. The fourth-order valence-corrected chi connectivity index (χ4v) is 2.54. The van der Waals surface area contributed by atoms with Crippen LogP contribution < -0.4 is 10.5 Å². The van der Waals surface area contributed by atoms with Crippen LogP contribution in [0.4, 0.5) is 5.69 Å². The van der Waals surface area contributed by atoms with Gasteiger partial charge in [-0.3, -0.25) is 0 Å². The molecule has 1 aromatic rings. The predicted octanol–water partition coefficient (Wildman–Crippen LogP) is 3.82. The minimum atomic E-state index is 0.722. The predicted molar refractivity (Wildman–Crippen MR) is 77.7 cm³/mol. The first kappa shape index (κ1) is 14.2. The van der Waals surface area contributed by atoms with Crippen molar-refractivity contribution in [3.63, 3.8) is 0 Å². The standard InChI is InChI=1S/C14H23NOS/c1-12(2)8-11-17-10-5-9-16-14-7-4-3-6-13(14)15/h3-4,6-7,12H,5,8-11,15H2,1-2H3. The van der Waals surface area contributed by atoms with Gasteiger partial charge in [0.15, 0.2) is 0 Å². The van der Waals surface area contributed by atoms with E-state index < -0.39 is 0 Å². The maximum Gasteiger partial charge on any atom is 0.142 e. The van der Waals surface area contributed by atoms with Crippen molar-refractivity contribution in [3.8, 4) is 5.75 Å². The minimum absolute atomic E-state index is 0.722. The van der Waals surface area contributed by atoms with Crippen molar-refractivity contribution >= 4 is 17.4 Å². The monoisotopic (exact) mass is 253 g/mol. The molecule has 0 amide bonds. The van der Waals surface area contributed by atoms with Gasteiger partial charge < -0.3 is 10.5 Å². The summed E-state index contributed by atoms with van der Waals surface area (Å²) in [6.45, 7) is 5.28. The van der Waals surface area contributed by atoms with Crippen molar-refractivity contribution in [1.82, 2.24) is 0 Å². The summed E-state index contributed by atoms with van der Waals surface area (Å²) in [5.41, 5.74) is 6.51. The lowest BCUT2D eigenvalue weighted by atomic mass is 10.2. The normalized spacial score (nSPS) is 10.8. The molecule has 1 aromatic carbocycles. The Morgan fingerprint density at radius 1 is 1.24 bits per heavy atom. The number of hydrogen-bond donors (Lipinski definition) is 1. The Morgan fingerprint density at radius 2 is 2.00 bits per heavy atom. The lowest BCUT2D eigenvalue weighted by Gasteiger charge is -2.08. The van der Waals surface area contributed by atoms with Gasteiger partial charge >= 0.3 is 0 Å². The molecule has 0 aliphatic carbocycles. The average Bonchev–Trinajstić information content (AvgIpc) is 2.30. The molecule has 96 valence electrons. The third-order valence-corrected chi connectivity index (χ3v) is 3.55. The largest absolute Gasteiger partial charge is 0.491 e. The van der Waals surface area contributed by atoms with Crippen molar-refractivity contribution in [2.75, 3.05) is 23.8 Å². The van der Waals surface area contributed by atoms with Crippen molar-refractivity contribution in [3.05, 3.63) is 24.3 Å². The van der Waals surface area contributed by atoms with Gasteiger partial charge in [-0.2, -0.15) is 11.8 Å². The topological polar surface area (TPSA) is 35.2 Å². The van der Waals surface area contributed by atoms with Crippen LogP contribution >= 0.6 is 11.8 Å². The van der Waals surface area contributed by atoms with Gasteiger partial charge in [0.25, 0.3) is 0 Å². The molecule has 0 aliphatic rings. The van der Waals surface area contributed by atoms with Crippen LogP contribution in [0.2, 0.25) is 0 Å². The zero-order valence-electron chi connectivity index (χ0n) is 10.8. The molecule has 0 unspecified atom stereocenters. The van der Waals surface area contributed by atoms with Gasteiger partial charge in [-0.15, -0.1) is 0 Å². The molecular weight excluding hydrogens is 230 g/mol. The summed E-state index contributed by atoms with van der Waals surface area (Å²) in [6.07, 6.45) is 2.38. The Bertz CT molecular complexity index is 315. The maximum absolute atomic E-state index is 5.79. The van der Waals surface area contributed by atoms with Crippen molar-refractivity contribution in [2.45, 2.75) is 26.7 Å². The zero-order chi connectivity index (χ0) is 12.5. The number of thioether (sulfide) groups is 1. The van der Waals surface area contributed by atoms with Gasteiger partial charge in [0.05, 0.1) is 12.3 Å². The van der Waals surface area contributed by atoms with Gasteiger partial charge in [0, 0.05) is 0 Å². The maximum atomic E-state index is 5.79. The van der Waals surface area contributed by atoms with Crippen LogP contribution in [0.15, 0.2) is 24.3 Å². The number of para-hydroxylation sites is 2.